The predicted molar refractivity (Wildman–Crippen MR) is 72.8 cm³/mol. The molecule has 1 rings (SSSR count). The van der Waals surface area contributed by atoms with E-state index in [1.54, 1.807) is 25.9 Å². The normalized spacial score (nSPS) is 14.8. The maximum Gasteiger partial charge on any atom is 0.416 e. The molecular formula is C13H19ClF3NO2. The van der Waals surface area contributed by atoms with Crippen molar-refractivity contribution in [3.8, 4) is 0 Å². The van der Waals surface area contributed by atoms with E-state index in [2.05, 4.69) is 0 Å². The standard InChI is InChI=1S/C13H18F3NO2.ClH/c1-9(17(2)3)19-8-12(18)10-5-4-6-11(7-10)13(14,15)16;/h4-7,9,12,18H,8H2,1-3H3;1H. The summed E-state index contributed by atoms with van der Waals surface area (Å²) in [5.74, 6) is 0. The van der Waals surface area contributed by atoms with E-state index in [4.69, 9.17) is 4.74 Å². The van der Waals surface area contributed by atoms with Crippen molar-refractivity contribution in [3.63, 3.8) is 0 Å². The molecule has 2 unspecified atom stereocenters. The Morgan fingerprint density at radius 3 is 2.40 bits per heavy atom. The van der Waals surface area contributed by atoms with Gasteiger partial charge in [0, 0.05) is 0 Å². The van der Waals surface area contributed by atoms with Crippen molar-refractivity contribution in [1.82, 2.24) is 4.90 Å². The largest absolute Gasteiger partial charge is 0.416 e. The lowest BCUT2D eigenvalue weighted by Gasteiger charge is -2.22. The SMILES string of the molecule is CC(OCC(O)c1cccc(C(F)(F)F)c1)N(C)C.Cl. The molecule has 0 spiro atoms. The van der Waals surface area contributed by atoms with Crippen LogP contribution in [0.2, 0.25) is 0 Å². The first-order chi connectivity index (χ1) is 8.71. The highest BCUT2D eigenvalue weighted by molar-refractivity contribution is 5.85. The maximum atomic E-state index is 12.5. The third-order valence-electron chi connectivity index (χ3n) is 2.82. The minimum atomic E-state index is -4.41. The van der Waals surface area contributed by atoms with E-state index in [9.17, 15) is 18.3 Å². The topological polar surface area (TPSA) is 32.7 Å². The van der Waals surface area contributed by atoms with Crippen molar-refractivity contribution in [2.75, 3.05) is 20.7 Å². The molecule has 3 nitrogen and oxygen atoms in total. The molecule has 0 radical (unpaired) electrons. The minimum Gasteiger partial charge on any atom is -0.386 e. The fourth-order valence-corrected chi connectivity index (χ4v) is 1.40. The number of aliphatic hydroxyl groups excluding tert-OH is 1. The Morgan fingerprint density at radius 1 is 1.30 bits per heavy atom. The summed E-state index contributed by atoms with van der Waals surface area (Å²) in [5.41, 5.74) is -0.578. The van der Waals surface area contributed by atoms with Gasteiger partial charge in [-0.05, 0) is 38.7 Å². The summed E-state index contributed by atoms with van der Waals surface area (Å²) in [5, 5.41) is 9.83. The fourth-order valence-electron chi connectivity index (χ4n) is 1.40. The van der Waals surface area contributed by atoms with Crippen LogP contribution in [-0.4, -0.2) is 36.9 Å². The molecular weight excluding hydrogens is 295 g/mol. The Labute approximate surface area is 122 Å². The lowest BCUT2D eigenvalue weighted by Crippen LogP contribution is -2.29. The monoisotopic (exact) mass is 313 g/mol. The van der Waals surface area contributed by atoms with Gasteiger partial charge in [0.1, 0.15) is 12.3 Å². The molecule has 0 amide bonds. The van der Waals surface area contributed by atoms with Crippen LogP contribution in [0.15, 0.2) is 24.3 Å². The molecule has 2 atom stereocenters. The van der Waals surface area contributed by atoms with E-state index in [1.807, 2.05) is 0 Å². The van der Waals surface area contributed by atoms with Gasteiger partial charge in [0.2, 0.25) is 0 Å². The molecule has 7 heteroatoms. The average molecular weight is 314 g/mol. The first kappa shape index (κ1) is 19.2. The van der Waals surface area contributed by atoms with Gasteiger partial charge in [-0.3, -0.25) is 4.90 Å². The lowest BCUT2D eigenvalue weighted by atomic mass is 10.1. The van der Waals surface area contributed by atoms with Gasteiger partial charge in [0.15, 0.2) is 0 Å². The zero-order valence-electron chi connectivity index (χ0n) is 11.5. The smallest absolute Gasteiger partial charge is 0.386 e. The van der Waals surface area contributed by atoms with Gasteiger partial charge in [-0.2, -0.15) is 13.2 Å². The molecule has 0 saturated heterocycles. The van der Waals surface area contributed by atoms with Gasteiger partial charge >= 0.3 is 6.18 Å². The van der Waals surface area contributed by atoms with Gasteiger partial charge < -0.3 is 9.84 Å². The zero-order valence-corrected chi connectivity index (χ0v) is 12.3. The highest BCUT2D eigenvalue weighted by Crippen LogP contribution is 2.30. The van der Waals surface area contributed by atoms with Crippen LogP contribution in [0.25, 0.3) is 0 Å². The molecule has 1 aromatic carbocycles. The van der Waals surface area contributed by atoms with E-state index in [-0.39, 0.29) is 30.8 Å². The molecule has 116 valence electrons. The number of benzene rings is 1. The highest BCUT2D eigenvalue weighted by Gasteiger charge is 2.30. The summed E-state index contributed by atoms with van der Waals surface area (Å²) in [6, 6.07) is 4.63. The van der Waals surface area contributed by atoms with Crippen molar-refractivity contribution in [2.45, 2.75) is 25.4 Å². The Morgan fingerprint density at radius 2 is 1.90 bits per heavy atom. The second kappa shape index (κ2) is 7.83. The van der Waals surface area contributed by atoms with Crippen LogP contribution in [0.3, 0.4) is 0 Å². The van der Waals surface area contributed by atoms with E-state index >= 15 is 0 Å². The fraction of sp³-hybridized carbons (Fsp3) is 0.538. The Kier molecular flexibility index (Phi) is 7.51. The van der Waals surface area contributed by atoms with Crippen LogP contribution >= 0.6 is 12.4 Å². The number of alkyl halides is 3. The van der Waals surface area contributed by atoms with Gasteiger partial charge in [0.05, 0.1) is 12.2 Å². The first-order valence-corrected chi connectivity index (χ1v) is 5.85. The minimum absolute atomic E-state index is 0. The molecule has 0 aliphatic carbocycles. The molecule has 0 aliphatic heterocycles. The van der Waals surface area contributed by atoms with Crippen LogP contribution in [0, 0.1) is 0 Å². The van der Waals surface area contributed by atoms with Crippen LogP contribution in [0.4, 0.5) is 13.2 Å². The number of hydrogen-bond donors (Lipinski definition) is 1. The van der Waals surface area contributed by atoms with Crippen LogP contribution in [0.5, 0.6) is 0 Å². The Bertz CT molecular complexity index is 413. The zero-order chi connectivity index (χ0) is 14.6. The number of ether oxygens (including phenoxy) is 1. The molecule has 0 saturated carbocycles. The molecule has 1 N–H and O–H groups in total. The molecule has 0 bridgehead atoms. The molecule has 20 heavy (non-hydrogen) atoms. The predicted octanol–water partition coefficient (Wildman–Crippen LogP) is 3.08. The van der Waals surface area contributed by atoms with E-state index in [0.29, 0.717) is 0 Å². The van der Waals surface area contributed by atoms with Crippen molar-refractivity contribution in [2.24, 2.45) is 0 Å². The first-order valence-electron chi connectivity index (χ1n) is 5.85. The number of rotatable bonds is 5. The summed E-state index contributed by atoms with van der Waals surface area (Å²) >= 11 is 0. The van der Waals surface area contributed by atoms with Crippen LogP contribution in [0.1, 0.15) is 24.2 Å². The quantitative estimate of drug-likeness (QED) is 0.848. The van der Waals surface area contributed by atoms with E-state index in [1.165, 1.54) is 12.1 Å². The molecule has 0 aliphatic rings. The Hall–Kier alpha value is -0.820. The second-order valence-electron chi connectivity index (χ2n) is 4.54. The van der Waals surface area contributed by atoms with Gasteiger partial charge in [-0.15, -0.1) is 12.4 Å². The highest BCUT2D eigenvalue weighted by atomic mass is 35.5. The van der Waals surface area contributed by atoms with Gasteiger partial charge in [0.25, 0.3) is 0 Å². The summed E-state index contributed by atoms with van der Waals surface area (Å²) in [6.45, 7) is 1.74. The number of hydrogen-bond acceptors (Lipinski definition) is 3. The number of nitrogens with zero attached hydrogens (tertiary/aromatic N) is 1. The second-order valence-corrected chi connectivity index (χ2v) is 4.54. The van der Waals surface area contributed by atoms with E-state index < -0.39 is 17.8 Å². The summed E-state index contributed by atoms with van der Waals surface area (Å²) < 4.78 is 42.9. The third-order valence-corrected chi connectivity index (χ3v) is 2.82. The number of aliphatic hydroxyl groups is 1. The summed E-state index contributed by atoms with van der Waals surface area (Å²) in [6.07, 6.45) is -5.71. The van der Waals surface area contributed by atoms with Gasteiger partial charge in [-0.25, -0.2) is 0 Å². The van der Waals surface area contributed by atoms with Crippen molar-refractivity contribution < 1.29 is 23.0 Å². The third kappa shape index (κ3) is 5.66. The lowest BCUT2D eigenvalue weighted by molar-refractivity contribution is -0.137. The molecule has 0 aromatic heterocycles. The van der Waals surface area contributed by atoms with Gasteiger partial charge in [-0.1, -0.05) is 12.1 Å². The molecule has 0 heterocycles. The molecule has 1 aromatic rings. The summed E-state index contributed by atoms with van der Waals surface area (Å²) in [7, 11) is 3.61. The average Bonchev–Trinajstić information content (AvgIpc) is 2.34. The van der Waals surface area contributed by atoms with Crippen LogP contribution in [-0.2, 0) is 10.9 Å². The van der Waals surface area contributed by atoms with Crippen molar-refractivity contribution in [3.05, 3.63) is 35.4 Å². The number of halogens is 4. The van der Waals surface area contributed by atoms with E-state index in [0.717, 1.165) is 12.1 Å². The van der Waals surface area contributed by atoms with Crippen molar-refractivity contribution in [1.29, 1.82) is 0 Å². The van der Waals surface area contributed by atoms with Crippen LogP contribution < -0.4 is 0 Å². The van der Waals surface area contributed by atoms with Crippen molar-refractivity contribution >= 4 is 12.4 Å². The Balaban J connectivity index is 0.00000361. The maximum absolute atomic E-state index is 12.5. The molecule has 0 fully saturated rings. The summed E-state index contributed by atoms with van der Waals surface area (Å²) in [4.78, 5) is 1.79.